The predicted molar refractivity (Wildman–Crippen MR) is 94.4 cm³/mol. The number of hydrogen-bond acceptors (Lipinski definition) is 4. The van der Waals surface area contributed by atoms with Gasteiger partial charge in [0.2, 0.25) is 11.8 Å². The van der Waals surface area contributed by atoms with Gasteiger partial charge < -0.3 is 20.7 Å². The highest BCUT2D eigenvalue weighted by molar-refractivity contribution is 6.31. The molecule has 148 valence electrons. The number of carbonyl (C=O) groups excluding carboxylic acids is 2. The monoisotopic (exact) mass is 417 g/mol. The Morgan fingerprint density at radius 3 is 2.50 bits per heavy atom. The van der Waals surface area contributed by atoms with Crippen molar-refractivity contribution in [2.75, 3.05) is 32.6 Å². The molecule has 0 radical (unpaired) electrons. The van der Waals surface area contributed by atoms with Gasteiger partial charge in [0.1, 0.15) is 0 Å². The highest BCUT2D eigenvalue weighted by Gasteiger charge is 2.33. The lowest BCUT2D eigenvalue weighted by Gasteiger charge is -2.20. The van der Waals surface area contributed by atoms with Crippen molar-refractivity contribution < 1.29 is 27.5 Å². The average molecular weight is 418 g/mol. The Labute approximate surface area is 160 Å². The number of benzene rings is 1. The number of nitrogens with one attached hydrogen (secondary N) is 1. The summed E-state index contributed by atoms with van der Waals surface area (Å²) in [5.41, 5.74) is 4.30. The zero-order valence-electron chi connectivity index (χ0n) is 14.1. The Kier molecular flexibility index (Phi) is 9.93. The molecule has 0 aliphatic heterocycles. The number of nitrogens with two attached hydrogens (primary N) is 1. The first kappa shape index (κ1) is 24.5. The first-order valence-electron chi connectivity index (χ1n) is 7.22. The van der Waals surface area contributed by atoms with E-state index in [0.717, 1.165) is 17.0 Å². The maximum atomic E-state index is 12.8. The number of likely N-dealkylation sites (N-methyl/N-ethyl adjacent to an activating group) is 1. The third-order valence-corrected chi connectivity index (χ3v) is 3.69. The topological polar surface area (TPSA) is 84.7 Å². The maximum absolute atomic E-state index is 12.8. The van der Waals surface area contributed by atoms with Crippen molar-refractivity contribution >= 4 is 41.5 Å². The molecule has 0 fully saturated rings. The van der Waals surface area contributed by atoms with Gasteiger partial charge >= 0.3 is 6.18 Å². The van der Waals surface area contributed by atoms with Crippen LogP contribution in [0.5, 0.6) is 0 Å². The standard InChI is InChI=1S/C15H19ClF3N3O3.ClH/c1-22(14(24)6-10(7-20)25-2)8-13(23)21-9-3-4-12(16)11(5-9)15(17,18)19;/h3-5,10H,6-8,20H2,1-2H3,(H,21,23);1H. The van der Waals surface area contributed by atoms with E-state index in [9.17, 15) is 22.8 Å². The highest BCUT2D eigenvalue weighted by Crippen LogP contribution is 2.36. The molecule has 1 atom stereocenters. The number of halogens is 5. The van der Waals surface area contributed by atoms with Gasteiger partial charge in [0, 0.05) is 26.4 Å². The number of methoxy groups -OCH3 is 1. The Bertz CT molecular complexity index is 626. The minimum Gasteiger partial charge on any atom is -0.380 e. The molecule has 0 spiro atoms. The number of nitrogens with zero attached hydrogens (tertiary/aromatic N) is 1. The van der Waals surface area contributed by atoms with Crippen LogP contribution in [0.25, 0.3) is 0 Å². The zero-order valence-corrected chi connectivity index (χ0v) is 15.7. The molecular formula is C15H20Cl2F3N3O3. The largest absolute Gasteiger partial charge is 0.417 e. The summed E-state index contributed by atoms with van der Waals surface area (Å²) in [7, 11) is 2.81. The van der Waals surface area contributed by atoms with Crippen molar-refractivity contribution in [1.82, 2.24) is 4.90 Å². The Morgan fingerprint density at radius 1 is 1.38 bits per heavy atom. The van der Waals surface area contributed by atoms with Crippen molar-refractivity contribution in [1.29, 1.82) is 0 Å². The zero-order chi connectivity index (χ0) is 19.2. The van der Waals surface area contributed by atoms with Gasteiger partial charge in [-0.15, -0.1) is 12.4 Å². The molecule has 0 saturated heterocycles. The summed E-state index contributed by atoms with van der Waals surface area (Å²) in [6.07, 6.45) is -5.11. The van der Waals surface area contributed by atoms with E-state index in [0.29, 0.717) is 0 Å². The molecule has 0 aliphatic carbocycles. The van der Waals surface area contributed by atoms with Gasteiger partial charge in [-0.1, -0.05) is 11.6 Å². The van der Waals surface area contributed by atoms with Gasteiger partial charge in [0.15, 0.2) is 0 Å². The van der Waals surface area contributed by atoms with Crippen LogP contribution in [0.4, 0.5) is 18.9 Å². The lowest BCUT2D eigenvalue weighted by Crippen LogP contribution is -2.38. The normalized spacial score (nSPS) is 12.1. The van der Waals surface area contributed by atoms with Gasteiger partial charge in [0.25, 0.3) is 0 Å². The van der Waals surface area contributed by atoms with E-state index in [4.69, 9.17) is 22.1 Å². The summed E-state index contributed by atoms with van der Waals surface area (Å²) in [5.74, 6) is -1.02. The molecule has 0 aliphatic rings. The number of ether oxygens (including phenoxy) is 1. The lowest BCUT2D eigenvalue weighted by molar-refractivity contribution is -0.137. The minimum absolute atomic E-state index is 0. The molecule has 3 N–H and O–H groups in total. The van der Waals surface area contributed by atoms with Crippen LogP contribution in [0.1, 0.15) is 12.0 Å². The summed E-state index contributed by atoms with van der Waals surface area (Å²) in [4.78, 5) is 25.0. The van der Waals surface area contributed by atoms with E-state index in [1.165, 1.54) is 20.2 Å². The van der Waals surface area contributed by atoms with Crippen LogP contribution >= 0.6 is 24.0 Å². The molecule has 1 aromatic rings. The van der Waals surface area contributed by atoms with Gasteiger partial charge in [-0.05, 0) is 18.2 Å². The van der Waals surface area contributed by atoms with E-state index in [-0.39, 0.29) is 43.5 Å². The molecular weight excluding hydrogens is 398 g/mol. The molecule has 1 rings (SSSR count). The van der Waals surface area contributed by atoms with E-state index >= 15 is 0 Å². The second-order valence-electron chi connectivity index (χ2n) is 5.29. The number of rotatable bonds is 7. The van der Waals surface area contributed by atoms with Crippen LogP contribution in [-0.2, 0) is 20.5 Å². The molecule has 0 bridgehead atoms. The molecule has 1 unspecified atom stereocenters. The molecule has 2 amide bonds. The van der Waals surface area contributed by atoms with Crippen LogP contribution in [0.2, 0.25) is 5.02 Å². The summed E-state index contributed by atoms with van der Waals surface area (Å²) < 4.78 is 43.4. The highest BCUT2D eigenvalue weighted by atomic mass is 35.5. The van der Waals surface area contributed by atoms with Crippen LogP contribution in [0.3, 0.4) is 0 Å². The minimum atomic E-state index is -4.64. The molecule has 0 aromatic heterocycles. The second-order valence-corrected chi connectivity index (χ2v) is 5.70. The van der Waals surface area contributed by atoms with Crippen LogP contribution in [0.15, 0.2) is 18.2 Å². The van der Waals surface area contributed by atoms with Crippen molar-refractivity contribution in [3.63, 3.8) is 0 Å². The van der Waals surface area contributed by atoms with Crippen molar-refractivity contribution in [3.8, 4) is 0 Å². The van der Waals surface area contributed by atoms with Gasteiger partial charge in [-0.25, -0.2) is 0 Å². The summed E-state index contributed by atoms with van der Waals surface area (Å²) in [6, 6.07) is 3.02. The molecule has 0 heterocycles. The van der Waals surface area contributed by atoms with Gasteiger partial charge in [0.05, 0.1) is 29.7 Å². The Hall–Kier alpha value is -1.55. The Balaban J connectivity index is 0.00000625. The van der Waals surface area contributed by atoms with E-state index in [2.05, 4.69) is 5.32 Å². The van der Waals surface area contributed by atoms with Crippen molar-refractivity contribution in [3.05, 3.63) is 28.8 Å². The fourth-order valence-corrected chi connectivity index (χ4v) is 2.16. The molecule has 26 heavy (non-hydrogen) atoms. The number of amides is 2. The number of alkyl halides is 3. The van der Waals surface area contributed by atoms with Crippen LogP contribution in [0, 0.1) is 0 Å². The summed E-state index contributed by atoms with van der Waals surface area (Å²) in [5, 5.41) is 1.83. The fourth-order valence-electron chi connectivity index (χ4n) is 1.94. The summed E-state index contributed by atoms with van der Waals surface area (Å²) >= 11 is 5.51. The van der Waals surface area contributed by atoms with Crippen molar-refractivity contribution in [2.45, 2.75) is 18.7 Å². The predicted octanol–water partition coefficient (Wildman–Crippen LogP) is 2.54. The molecule has 6 nitrogen and oxygen atoms in total. The smallest absolute Gasteiger partial charge is 0.380 e. The summed E-state index contributed by atoms with van der Waals surface area (Å²) in [6.45, 7) is -0.183. The van der Waals surface area contributed by atoms with E-state index in [1.807, 2.05) is 0 Å². The second kappa shape index (κ2) is 10.6. The molecule has 11 heteroatoms. The fraction of sp³-hybridized carbons (Fsp3) is 0.467. The third kappa shape index (κ3) is 7.36. The SMILES string of the molecule is COC(CN)CC(=O)N(C)CC(=O)Nc1ccc(Cl)c(C(F)(F)F)c1.Cl. The molecule has 0 saturated carbocycles. The maximum Gasteiger partial charge on any atom is 0.417 e. The first-order chi connectivity index (χ1) is 11.6. The van der Waals surface area contributed by atoms with Gasteiger partial charge in [-0.2, -0.15) is 13.2 Å². The third-order valence-electron chi connectivity index (χ3n) is 3.36. The quantitative estimate of drug-likeness (QED) is 0.713. The van der Waals surface area contributed by atoms with E-state index in [1.54, 1.807) is 0 Å². The van der Waals surface area contributed by atoms with Crippen LogP contribution in [-0.4, -0.2) is 50.1 Å². The average Bonchev–Trinajstić information content (AvgIpc) is 2.52. The number of carbonyl (C=O) groups is 2. The number of anilines is 1. The van der Waals surface area contributed by atoms with Crippen molar-refractivity contribution in [2.24, 2.45) is 5.73 Å². The van der Waals surface area contributed by atoms with Gasteiger partial charge in [-0.3, -0.25) is 9.59 Å². The number of hydrogen-bond donors (Lipinski definition) is 2. The van der Waals surface area contributed by atoms with E-state index < -0.39 is 28.8 Å². The first-order valence-corrected chi connectivity index (χ1v) is 7.59. The Morgan fingerprint density at radius 2 is 2.00 bits per heavy atom. The lowest BCUT2D eigenvalue weighted by atomic mass is 10.2. The molecule has 1 aromatic carbocycles. The van der Waals surface area contributed by atoms with Crippen LogP contribution < -0.4 is 11.1 Å².